The van der Waals surface area contributed by atoms with Gasteiger partial charge in [0, 0.05) is 12.2 Å². The molecule has 1 heterocycles. The predicted octanol–water partition coefficient (Wildman–Crippen LogP) is 1.74. The summed E-state index contributed by atoms with van der Waals surface area (Å²) < 4.78 is 5.76. The molecule has 1 amide bonds. The van der Waals surface area contributed by atoms with Gasteiger partial charge in [0.15, 0.2) is 6.54 Å². The highest BCUT2D eigenvalue weighted by molar-refractivity contribution is 5.94. The lowest BCUT2D eigenvalue weighted by Gasteiger charge is -2.35. The van der Waals surface area contributed by atoms with Crippen LogP contribution in [-0.2, 0) is 4.79 Å². The standard InChI is InChI=1S/C23H28N4O2/c1-2-29-22-12-7-6-11-21(22)26-17-15-25(16-18-26)19-23(28)27(14-8-13-24)20-9-4-3-5-10-20/h3-7,9-12H,2,8,14-19H2,1H3/p+1. The number of para-hydroxylation sites is 3. The van der Waals surface area contributed by atoms with Crippen molar-refractivity contribution in [2.24, 2.45) is 0 Å². The summed E-state index contributed by atoms with van der Waals surface area (Å²) in [7, 11) is 0. The molecule has 0 atom stereocenters. The number of carbonyl (C=O) groups is 1. The summed E-state index contributed by atoms with van der Waals surface area (Å²) in [6, 6.07) is 19.9. The van der Waals surface area contributed by atoms with Gasteiger partial charge in [0.05, 0.1) is 51.0 Å². The highest BCUT2D eigenvalue weighted by Crippen LogP contribution is 2.27. The lowest BCUT2D eigenvalue weighted by molar-refractivity contribution is -0.892. The second-order valence-corrected chi connectivity index (χ2v) is 7.10. The molecule has 0 unspecified atom stereocenters. The van der Waals surface area contributed by atoms with Crippen LogP contribution < -0.4 is 19.4 Å². The largest absolute Gasteiger partial charge is 0.492 e. The number of ether oxygens (including phenoxy) is 1. The minimum Gasteiger partial charge on any atom is -0.492 e. The molecule has 6 nitrogen and oxygen atoms in total. The van der Waals surface area contributed by atoms with Gasteiger partial charge in [-0.25, -0.2) is 0 Å². The fourth-order valence-electron chi connectivity index (χ4n) is 3.71. The highest BCUT2D eigenvalue weighted by atomic mass is 16.5. The molecule has 0 radical (unpaired) electrons. The molecule has 0 spiro atoms. The van der Waals surface area contributed by atoms with E-state index in [1.165, 1.54) is 4.90 Å². The third-order valence-electron chi connectivity index (χ3n) is 5.19. The van der Waals surface area contributed by atoms with Gasteiger partial charge in [-0.1, -0.05) is 30.3 Å². The number of hydrogen-bond donors (Lipinski definition) is 1. The Kier molecular flexibility index (Phi) is 7.48. The maximum Gasteiger partial charge on any atom is 0.282 e. The van der Waals surface area contributed by atoms with Crippen molar-refractivity contribution in [3.63, 3.8) is 0 Å². The van der Waals surface area contributed by atoms with Gasteiger partial charge in [-0.3, -0.25) is 4.79 Å². The van der Waals surface area contributed by atoms with Crippen molar-refractivity contribution in [1.29, 1.82) is 5.26 Å². The fraction of sp³-hybridized carbons (Fsp3) is 0.391. The van der Waals surface area contributed by atoms with Crippen LogP contribution in [0.25, 0.3) is 0 Å². The van der Waals surface area contributed by atoms with E-state index < -0.39 is 0 Å². The van der Waals surface area contributed by atoms with Gasteiger partial charge in [-0.05, 0) is 31.2 Å². The Morgan fingerprint density at radius 3 is 2.52 bits per heavy atom. The van der Waals surface area contributed by atoms with Crippen molar-refractivity contribution in [3.05, 3.63) is 54.6 Å². The fourth-order valence-corrected chi connectivity index (χ4v) is 3.71. The monoisotopic (exact) mass is 393 g/mol. The molecule has 1 aliphatic rings. The first-order valence-electron chi connectivity index (χ1n) is 10.3. The van der Waals surface area contributed by atoms with Crippen LogP contribution in [-0.4, -0.2) is 51.8 Å². The Labute approximate surface area is 172 Å². The van der Waals surface area contributed by atoms with Crippen molar-refractivity contribution in [2.45, 2.75) is 13.3 Å². The van der Waals surface area contributed by atoms with Crippen molar-refractivity contribution < 1.29 is 14.4 Å². The number of nitrogens with zero attached hydrogens (tertiary/aromatic N) is 3. The Morgan fingerprint density at radius 1 is 1.14 bits per heavy atom. The molecule has 6 heteroatoms. The quantitative estimate of drug-likeness (QED) is 0.742. The molecule has 2 aromatic rings. The normalized spacial score (nSPS) is 14.3. The van der Waals surface area contributed by atoms with Crippen LogP contribution in [0.15, 0.2) is 54.6 Å². The van der Waals surface area contributed by atoms with E-state index >= 15 is 0 Å². The number of nitrogens with one attached hydrogen (secondary N) is 1. The molecule has 3 rings (SSSR count). The number of carbonyl (C=O) groups excluding carboxylic acids is 1. The maximum atomic E-state index is 13.0. The van der Waals surface area contributed by atoms with Crippen molar-refractivity contribution in [3.8, 4) is 11.8 Å². The third-order valence-corrected chi connectivity index (χ3v) is 5.19. The van der Waals surface area contributed by atoms with Gasteiger partial charge in [0.2, 0.25) is 0 Å². The van der Waals surface area contributed by atoms with Crippen molar-refractivity contribution >= 4 is 17.3 Å². The van der Waals surface area contributed by atoms with E-state index in [2.05, 4.69) is 17.0 Å². The van der Waals surface area contributed by atoms with Gasteiger partial charge in [0.1, 0.15) is 5.75 Å². The van der Waals surface area contributed by atoms with E-state index in [0.29, 0.717) is 26.1 Å². The molecule has 0 aromatic heterocycles. The Hall–Kier alpha value is -3.04. The molecular formula is C23H29N4O2+. The van der Waals surface area contributed by atoms with Gasteiger partial charge < -0.3 is 19.4 Å². The van der Waals surface area contributed by atoms with E-state index in [-0.39, 0.29) is 5.91 Å². The lowest BCUT2D eigenvalue weighted by Crippen LogP contribution is -3.16. The van der Waals surface area contributed by atoms with Gasteiger partial charge >= 0.3 is 0 Å². The summed E-state index contributed by atoms with van der Waals surface area (Å²) in [5.74, 6) is 0.992. The van der Waals surface area contributed by atoms with E-state index in [4.69, 9.17) is 10.00 Å². The maximum absolute atomic E-state index is 13.0. The summed E-state index contributed by atoms with van der Waals surface area (Å²) in [6.45, 7) is 7.08. The summed E-state index contributed by atoms with van der Waals surface area (Å²) in [5.41, 5.74) is 1.98. The van der Waals surface area contributed by atoms with Crippen LogP contribution in [0, 0.1) is 11.3 Å². The number of nitriles is 1. The molecule has 1 aliphatic heterocycles. The number of rotatable bonds is 8. The zero-order valence-corrected chi connectivity index (χ0v) is 17.0. The van der Waals surface area contributed by atoms with Crippen LogP contribution in [0.5, 0.6) is 5.75 Å². The summed E-state index contributed by atoms with van der Waals surface area (Å²) in [5, 5.41) is 8.95. The Bertz CT molecular complexity index is 826. The number of amides is 1. The lowest BCUT2D eigenvalue weighted by atomic mass is 10.2. The van der Waals surface area contributed by atoms with Crippen LogP contribution in [0.1, 0.15) is 13.3 Å². The van der Waals surface area contributed by atoms with Crippen molar-refractivity contribution in [2.75, 3.05) is 55.7 Å². The van der Waals surface area contributed by atoms with Crippen LogP contribution in [0.3, 0.4) is 0 Å². The van der Waals surface area contributed by atoms with E-state index in [0.717, 1.165) is 43.3 Å². The minimum absolute atomic E-state index is 0.0737. The Morgan fingerprint density at radius 2 is 1.83 bits per heavy atom. The molecule has 152 valence electrons. The third kappa shape index (κ3) is 5.49. The molecule has 1 N–H and O–H groups in total. The second kappa shape index (κ2) is 10.5. The molecule has 2 aromatic carbocycles. The number of hydrogen-bond acceptors (Lipinski definition) is 4. The van der Waals surface area contributed by atoms with Gasteiger partial charge in [-0.15, -0.1) is 0 Å². The topological polar surface area (TPSA) is 61.0 Å². The summed E-state index contributed by atoms with van der Waals surface area (Å²) in [6.07, 6.45) is 0.331. The van der Waals surface area contributed by atoms with Crippen LogP contribution >= 0.6 is 0 Å². The van der Waals surface area contributed by atoms with Gasteiger partial charge in [0.25, 0.3) is 5.91 Å². The Balaban J connectivity index is 1.59. The smallest absolute Gasteiger partial charge is 0.282 e. The number of piperazine rings is 1. The van der Waals surface area contributed by atoms with E-state index in [9.17, 15) is 4.79 Å². The number of anilines is 2. The number of benzene rings is 2. The molecule has 0 aliphatic carbocycles. The van der Waals surface area contributed by atoms with E-state index in [1.807, 2.05) is 55.5 Å². The molecule has 29 heavy (non-hydrogen) atoms. The van der Waals surface area contributed by atoms with E-state index in [1.54, 1.807) is 4.90 Å². The highest BCUT2D eigenvalue weighted by Gasteiger charge is 2.26. The summed E-state index contributed by atoms with van der Waals surface area (Å²) >= 11 is 0. The first-order chi connectivity index (χ1) is 14.2. The summed E-state index contributed by atoms with van der Waals surface area (Å²) in [4.78, 5) is 18.3. The number of quaternary nitrogens is 1. The van der Waals surface area contributed by atoms with Crippen LogP contribution in [0.4, 0.5) is 11.4 Å². The molecule has 0 saturated carbocycles. The van der Waals surface area contributed by atoms with Crippen molar-refractivity contribution in [1.82, 2.24) is 0 Å². The molecule has 1 fully saturated rings. The second-order valence-electron chi connectivity index (χ2n) is 7.10. The average molecular weight is 394 g/mol. The minimum atomic E-state index is 0.0737. The van der Waals surface area contributed by atoms with Crippen LogP contribution in [0.2, 0.25) is 0 Å². The average Bonchev–Trinajstić information content (AvgIpc) is 2.76. The first-order valence-corrected chi connectivity index (χ1v) is 10.3. The molecule has 1 saturated heterocycles. The molecule has 0 bridgehead atoms. The predicted molar refractivity (Wildman–Crippen MR) is 114 cm³/mol. The van der Waals surface area contributed by atoms with Gasteiger partial charge in [-0.2, -0.15) is 5.26 Å². The SMILES string of the molecule is CCOc1ccccc1N1CC[NH+](CC(=O)N(CCC#N)c2ccccc2)CC1. The zero-order chi connectivity index (χ0) is 20.5. The zero-order valence-electron chi connectivity index (χ0n) is 17.0. The molecular weight excluding hydrogens is 364 g/mol. The first kappa shape index (κ1) is 20.7.